The van der Waals surface area contributed by atoms with Gasteiger partial charge in [0.15, 0.2) is 0 Å². The molecule has 1 unspecified atom stereocenters. The highest BCUT2D eigenvalue weighted by Gasteiger charge is 2.27. The average molecular weight is 320 g/mol. The van der Waals surface area contributed by atoms with E-state index < -0.39 is 44.3 Å². The maximum Gasteiger partial charge on any atom is 0.271 e. The molecular weight excluding hydrogens is 304 g/mol. The van der Waals surface area contributed by atoms with Gasteiger partial charge in [-0.1, -0.05) is 0 Å². The highest BCUT2D eigenvalue weighted by Crippen LogP contribution is 2.28. The minimum atomic E-state index is -4.15. The number of non-ortho nitro benzene ring substituents is 1. The quantitative estimate of drug-likeness (QED) is 0.460. The van der Waals surface area contributed by atoms with Crippen LogP contribution in [0.3, 0.4) is 0 Å². The first-order valence-corrected chi connectivity index (χ1v) is 7.26. The van der Waals surface area contributed by atoms with Gasteiger partial charge in [-0.15, -0.1) is 0 Å². The molecule has 0 fully saturated rings. The number of rotatable bonds is 7. The highest BCUT2D eigenvalue weighted by molar-refractivity contribution is 7.89. The Morgan fingerprint density at radius 1 is 1.48 bits per heavy atom. The van der Waals surface area contributed by atoms with E-state index in [1.165, 1.54) is 14.0 Å². The lowest BCUT2D eigenvalue weighted by Crippen LogP contribution is -2.43. The van der Waals surface area contributed by atoms with Gasteiger partial charge in [0.1, 0.15) is 10.6 Å². The van der Waals surface area contributed by atoms with Crippen LogP contribution in [-0.4, -0.2) is 49.4 Å². The van der Waals surface area contributed by atoms with Crippen molar-refractivity contribution < 1.29 is 28.3 Å². The van der Waals surface area contributed by atoms with Crippen LogP contribution in [0.5, 0.6) is 5.75 Å². The zero-order valence-electron chi connectivity index (χ0n) is 11.4. The molecule has 9 nitrogen and oxygen atoms in total. The van der Waals surface area contributed by atoms with Crippen molar-refractivity contribution >= 4 is 15.7 Å². The monoisotopic (exact) mass is 320 g/mol. The summed E-state index contributed by atoms with van der Waals surface area (Å²) in [7, 11) is -2.93. The Morgan fingerprint density at radius 3 is 2.57 bits per heavy atom. The number of aliphatic hydroxyl groups is 2. The van der Waals surface area contributed by atoms with Crippen molar-refractivity contribution in [3.8, 4) is 5.75 Å². The van der Waals surface area contributed by atoms with Crippen molar-refractivity contribution in [1.29, 1.82) is 0 Å². The molecule has 0 heterocycles. The van der Waals surface area contributed by atoms with Crippen LogP contribution in [0.2, 0.25) is 0 Å². The van der Waals surface area contributed by atoms with Gasteiger partial charge in [0, 0.05) is 18.7 Å². The van der Waals surface area contributed by atoms with Crippen LogP contribution in [0.25, 0.3) is 0 Å². The summed E-state index contributed by atoms with van der Waals surface area (Å²) in [5, 5.41) is 29.2. The fourth-order valence-corrected chi connectivity index (χ4v) is 2.72. The lowest BCUT2D eigenvalue weighted by molar-refractivity contribution is -0.385. The average Bonchev–Trinajstić information content (AvgIpc) is 2.44. The molecule has 1 aromatic rings. The Balaban J connectivity index is 3.17. The summed E-state index contributed by atoms with van der Waals surface area (Å²) >= 11 is 0. The second-order valence-corrected chi connectivity index (χ2v) is 6.31. The molecule has 1 atom stereocenters. The van der Waals surface area contributed by atoms with Gasteiger partial charge in [-0.05, 0) is 13.0 Å². The first kappa shape index (κ1) is 17.3. The van der Waals surface area contributed by atoms with E-state index >= 15 is 0 Å². The number of nitrogens with one attached hydrogen (secondary N) is 1. The molecule has 21 heavy (non-hydrogen) atoms. The summed E-state index contributed by atoms with van der Waals surface area (Å²) in [5.41, 5.74) is -2.06. The normalized spacial score (nSPS) is 14.5. The van der Waals surface area contributed by atoms with Gasteiger partial charge in [0.25, 0.3) is 5.69 Å². The van der Waals surface area contributed by atoms with E-state index in [1.54, 1.807) is 0 Å². The Hall–Kier alpha value is -1.75. The van der Waals surface area contributed by atoms with Crippen LogP contribution in [0, 0.1) is 10.1 Å². The first-order chi connectivity index (χ1) is 9.63. The van der Waals surface area contributed by atoms with Crippen molar-refractivity contribution in [2.75, 3.05) is 20.3 Å². The van der Waals surface area contributed by atoms with Crippen molar-refractivity contribution in [3.05, 3.63) is 28.3 Å². The van der Waals surface area contributed by atoms with Crippen LogP contribution in [0.1, 0.15) is 6.92 Å². The number of nitro groups is 1. The molecule has 10 heteroatoms. The number of nitro benzene ring substituents is 1. The van der Waals surface area contributed by atoms with Gasteiger partial charge in [0.2, 0.25) is 10.0 Å². The number of sulfonamides is 1. The van der Waals surface area contributed by atoms with E-state index in [9.17, 15) is 23.6 Å². The van der Waals surface area contributed by atoms with E-state index in [2.05, 4.69) is 4.72 Å². The Labute approximate surface area is 121 Å². The van der Waals surface area contributed by atoms with Crippen LogP contribution in [0.15, 0.2) is 23.1 Å². The molecule has 0 spiro atoms. The minimum Gasteiger partial charge on any atom is -0.495 e. The predicted molar refractivity (Wildman–Crippen MR) is 72.5 cm³/mol. The minimum absolute atomic E-state index is 0.0725. The van der Waals surface area contributed by atoms with Gasteiger partial charge in [-0.3, -0.25) is 10.1 Å². The Kier molecular flexibility index (Phi) is 5.23. The smallest absolute Gasteiger partial charge is 0.271 e. The van der Waals surface area contributed by atoms with Crippen LogP contribution >= 0.6 is 0 Å². The molecule has 0 bridgehead atoms. The SMILES string of the molecule is COc1ccc([N+](=O)[O-])cc1S(=O)(=O)NCC(C)(O)CO. The Morgan fingerprint density at radius 2 is 2.10 bits per heavy atom. The van der Waals surface area contributed by atoms with Gasteiger partial charge >= 0.3 is 0 Å². The lowest BCUT2D eigenvalue weighted by atomic mass is 10.1. The first-order valence-electron chi connectivity index (χ1n) is 5.78. The molecule has 0 aromatic heterocycles. The number of methoxy groups -OCH3 is 1. The van der Waals surface area contributed by atoms with Gasteiger partial charge in [-0.25, -0.2) is 13.1 Å². The summed E-state index contributed by atoms with van der Waals surface area (Å²) in [6.45, 7) is 0.124. The zero-order valence-corrected chi connectivity index (χ0v) is 12.3. The summed E-state index contributed by atoms with van der Waals surface area (Å²) in [4.78, 5) is 9.56. The number of benzene rings is 1. The molecule has 3 N–H and O–H groups in total. The highest BCUT2D eigenvalue weighted by atomic mass is 32.2. The number of hydrogen-bond donors (Lipinski definition) is 3. The van der Waals surface area contributed by atoms with E-state index in [0.717, 1.165) is 18.2 Å². The van der Waals surface area contributed by atoms with Crippen LogP contribution in [-0.2, 0) is 10.0 Å². The predicted octanol–water partition coefficient (Wildman–Crippen LogP) is -0.375. The summed E-state index contributed by atoms with van der Waals surface area (Å²) < 4.78 is 31.2. The maximum atomic E-state index is 12.1. The molecule has 0 saturated carbocycles. The van der Waals surface area contributed by atoms with E-state index in [0.29, 0.717) is 0 Å². The number of aliphatic hydroxyl groups excluding tert-OH is 1. The Bertz CT molecular complexity index is 627. The molecule has 0 aliphatic rings. The molecule has 118 valence electrons. The third-order valence-corrected chi connectivity index (χ3v) is 4.05. The fraction of sp³-hybridized carbons (Fsp3) is 0.455. The van der Waals surface area contributed by atoms with Crippen LogP contribution < -0.4 is 9.46 Å². The van der Waals surface area contributed by atoms with Gasteiger partial charge in [-0.2, -0.15) is 0 Å². The molecule has 1 rings (SSSR count). The van der Waals surface area contributed by atoms with Crippen molar-refractivity contribution in [2.24, 2.45) is 0 Å². The zero-order chi connectivity index (χ0) is 16.3. The number of hydrogen-bond acceptors (Lipinski definition) is 7. The second kappa shape index (κ2) is 6.35. The maximum absolute atomic E-state index is 12.1. The summed E-state index contributed by atoms with van der Waals surface area (Å²) in [6, 6.07) is 3.13. The third kappa shape index (κ3) is 4.36. The van der Waals surface area contributed by atoms with Gasteiger partial charge < -0.3 is 14.9 Å². The van der Waals surface area contributed by atoms with E-state index in [4.69, 9.17) is 9.84 Å². The standard InChI is InChI=1S/C11H16N2O7S/c1-11(15,7-14)6-12-21(18,19)10-5-8(13(16)17)3-4-9(10)20-2/h3-5,12,14-15H,6-7H2,1-2H3. The third-order valence-electron chi connectivity index (χ3n) is 2.63. The van der Waals surface area contributed by atoms with E-state index in [-0.39, 0.29) is 5.75 Å². The van der Waals surface area contributed by atoms with Gasteiger partial charge in [0.05, 0.1) is 24.2 Å². The molecule has 1 aromatic carbocycles. The van der Waals surface area contributed by atoms with Crippen molar-refractivity contribution in [3.63, 3.8) is 0 Å². The molecule has 0 aliphatic heterocycles. The topological polar surface area (TPSA) is 139 Å². The van der Waals surface area contributed by atoms with Crippen molar-refractivity contribution in [2.45, 2.75) is 17.4 Å². The summed E-state index contributed by atoms with van der Waals surface area (Å²) in [5.74, 6) is -0.0725. The molecule has 0 aliphatic carbocycles. The fourth-order valence-electron chi connectivity index (χ4n) is 1.37. The number of nitrogens with zero attached hydrogens (tertiary/aromatic N) is 1. The van der Waals surface area contributed by atoms with E-state index in [1.807, 2.05) is 0 Å². The number of ether oxygens (including phenoxy) is 1. The van der Waals surface area contributed by atoms with Crippen LogP contribution in [0.4, 0.5) is 5.69 Å². The summed E-state index contributed by atoms with van der Waals surface area (Å²) in [6.07, 6.45) is 0. The molecule has 0 radical (unpaired) electrons. The lowest BCUT2D eigenvalue weighted by Gasteiger charge is -2.20. The largest absolute Gasteiger partial charge is 0.495 e. The molecule has 0 saturated heterocycles. The second-order valence-electron chi connectivity index (χ2n) is 4.57. The van der Waals surface area contributed by atoms with Crippen molar-refractivity contribution in [1.82, 2.24) is 4.72 Å². The molecule has 0 amide bonds. The molecular formula is C11H16N2O7S.